The van der Waals surface area contributed by atoms with E-state index in [1.807, 2.05) is 0 Å². The molecule has 0 aromatic carbocycles. The molecule has 0 aliphatic heterocycles. The molecule has 3 heteroatoms. The average Bonchev–Trinajstić information content (AvgIpc) is 2.20. The van der Waals surface area contributed by atoms with Crippen LogP contribution in [0, 0.1) is 5.92 Å². The summed E-state index contributed by atoms with van der Waals surface area (Å²) in [6.07, 6.45) is 4.25. The first kappa shape index (κ1) is 12.9. The van der Waals surface area contributed by atoms with Gasteiger partial charge in [0.15, 0.2) is 0 Å². The summed E-state index contributed by atoms with van der Waals surface area (Å²) in [6.45, 7) is 5.10. The molecule has 3 nitrogen and oxygen atoms in total. The van der Waals surface area contributed by atoms with Gasteiger partial charge in [0.2, 0.25) is 0 Å². The van der Waals surface area contributed by atoms with E-state index in [9.17, 15) is 5.11 Å². The Hall–Kier alpha value is -0.120. The van der Waals surface area contributed by atoms with Crippen LogP contribution in [0.3, 0.4) is 0 Å². The van der Waals surface area contributed by atoms with E-state index in [-0.39, 0.29) is 12.1 Å². The Morgan fingerprint density at radius 1 is 1.33 bits per heavy atom. The van der Waals surface area contributed by atoms with Gasteiger partial charge in [0.05, 0.1) is 12.7 Å². The molecule has 0 aromatic rings. The summed E-state index contributed by atoms with van der Waals surface area (Å²) in [6, 6.07) is 0.619. The molecule has 1 fully saturated rings. The molecule has 1 unspecified atom stereocenters. The minimum atomic E-state index is -0.170. The van der Waals surface area contributed by atoms with Gasteiger partial charge in [-0.3, -0.25) is 0 Å². The first-order valence-electron chi connectivity index (χ1n) is 6.08. The van der Waals surface area contributed by atoms with Gasteiger partial charge in [-0.15, -0.1) is 0 Å². The van der Waals surface area contributed by atoms with Crippen molar-refractivity contribution in [3.05, 3.63) is 0 Å². The zero-order valence-electron chi connectivity index (χ0n) is 10.2. The standard InChI is InChI=1S/C12H25NO2/c1-9(2)11(8-15-3)13-10-6-4-5-7-12(10)14/h9-14H,4-8H2,1-3H3/t10-,11?,12-/m0/s1. The lowest BCUT2D eigenvalue weighted by molar-refractivity contribution is 0.0656. The van der Waals surface area contributed by atoms with E-state index >= 15 is 0 Å². The Bertz CT molecular complexity index is 171. The number of aliphatic hydroxyl groups is 1. The second kappa shape index (κ2) is 6.46. The van der Waals surface area contributed by atoms with Crippen molar-refractivity contribution in [3.63, 3.8) is 0 Å². The molecule has 0 aromatic heterocycles. The van der Waals surface area contributed by atoms with Gasteiger partial charge in [-0.25, -0.2) is 0 Å². The summed E-state index contributed by atoms with van der Waals surface area (Å²) in [5.41, 5.74) is 0. The van der Waals surface area contributed by atoms with Gasteiger partial charge in [0.25, 0.3) is 0 Å². The van der Waals surface area contributed by atoms with Crippen LogP contribution in [-0.2, 0) is 4.74 Å². The van der Waals surface area contributed by atoms with Crippen LogP contribution < -0.4 is 5.32 Å². The third-order valence-corrected chi connectivity index (χ3v) is 3.31. The van der Waals surface area contributed by atoms with Crippen LogP contribution >= 0.6 is 0 Å². The molecular formula is C12H25NO2. The van der Waals surface area contributed by atoms with Gasteiger partial charge in [-0.05, 0) is 18.8 Å². The van der Waals surface area contributed by atoms with Crippen LogP contribution in [0.2, 0.25) is 0 Å². The van der Waals surface area contributed by atoms with Crippen LogP contribution in [0.25, 0.3) is 0 Å². The van der Waals surface area contributed by atoms with Crippen molar-refractivity contribution in [2.45, 2.75) is 57.7 Å². The highest BCUT2D eigenvalue weighted by atomic mass is 16.5. The number of hydrogen-bond donors (Lipinski definition) is 2. The first-order valence-corrected chi connectivity index (χ1v) is 6.08. The highest BCUT2D eigenvalue weighted by Gasteiger charge is 2.26. The maximum atomic E-state index is 9.86. The minimum Gasteiger partial charge on any atom is -0.392 e. The van der Waals surface area contributed by atoms with Crippen LogP contribution in [0.15, 0.2) is 0 Å². The topological polar surface area (TPSA) is 41.5 Å². The number of methoxy groups -OCH3 is 1. The van der Waals surface area contributed by atoms with Crippen molar-refractivity contribution >= 4 is 0 Å². The van der Waals surface area contributed by atoms with Gasteiger partial charge in [0, 0.05) is 19.2 Å². The normalized spacial score (nSPS) is 29.4. The zero-order chi connectivity index (χ0) is 11.3. The number of rotatable bonds is 5. The molecule has 0 spiro atoms. The summed E-state index contributed by atoms with van der Waals surface area (Å²) in [7, 11) is 1.73. The van der Waals surface area contributed by atoms with Gasteiger partial charge < -0.3 is 15.2 Å². The van der Waals surface area contributed by atoms with E-state index < -0.39 is 0 Å². The molecule has 3 atom stereocenters. The second-order valence-corrected chi connectivity index (χ2v) is 4.93. The predicted molar refractivity (Wildman–Crippen MR) is 61.9 cm³/mol. The van der Waals surface area contributed by atoms with Gasteiger partial charge >= 0.3 is 0 Å². The average molecular weight is 215 g/mol. The highest BCUT2D eigenvalue weighted by Crippen LogP contribution is 2.19. The molecule has 2 N–H and O–H groups in total. The Balaban J connectivity index is 2.41. The fourth-order valence-electron chi connectivity index (χ4n) is 2.19. The van der Waals surface area contributed by atoms with Crippen LogP contribution in [0.1, 0.15) is 39.5 Å². The summed E-state index contributed by atoms with van der Waals surface area (Å²) < 4.78 is 5.20. The summed E-state index contributed by atoms with van der Waals surface area (Å²) in [5, 5.41) is 13.4. The molecular weight excluding hydrogens is 190 g/mol. The predicted octanol–water partition coefficient (Wildman–Crippen LogP) is 1.55. The van der Waals surface area contributed by atoms with Gasteiger partial charge in [-0.2, -0.15) is 0 Å². The van der Waals surface area contributed by atoms with Crippen molar-refractivity contribution in [1.29, 1.82) is 0 Å². The van der Waals surface area contributed by atoms with Gasteiger partial charge in [-0.1, -0.05) is 26.7 Å². The van der Waals surface area contributed by atoms with Crippen molar-refractivity contribution in [2.75, 3.05) is 13.7 Å². The fraction of sp³-hybridized carbons (Fsp3) is 1.00. The van der Waals surface area contributed by atoms with Crippen LogP contribution in [0.5, 0.6) is 0 Å². The van der Waals surface area contributed by atoms with Crippen LogP contribution in [0.4, 0.5) is 0 Å². The molecule has 1 rings (SSSR count). The van der Waals surface area contributed by atoms with E-state index in [1.165, 1.54) is 6.42 Å². The van der Waals surface area contributed by atoms with Crippen LogP contribution in [-0.4, -0.2) is 37.0 Å². The molecule has 0 radical (unpaired) electrons. The zero-order valence-corrected chi connectivity index (χ0v) is 10.2. The molecule has 0 amide bonds. The number of aliphatic hydroxyl groups excluding tert-OH is 1. The summed E-state index contributed by atoms with van der Waals surface area (Å²) in [5.74, 6) is 0.541. The molecule has 15 heavy (non-hydrogen) atoms. The van der Waals surface area contributed by atoms with E-state index in [0.717, 1.165) is 25.9 Å². The molecule has 0 saturated heterocycles. The molecule has 90 valence electrons. The van der Waals surface area contributed by atoms with E-state index in [4.69, 9.17) is 4.74 Å². The lowest BCUT2D eigenvalue weighted by Crippen LogP contribution is -2.50. The lowest BCUT2D eigenvalue weighted by atomic mass is 9.91. The lowest BCUT2D eigenvalue weighted by Gasteiger charge is -2.33. The maximum Gasteiger partial charge on any atom is 0.0693 e. The SMILES string of the molecule is COCC(N[C@H]1CCCC[C@@H]1O)C(C)C. The molecule has 0 bridgehead atoms. The molecule has 1 aliphatic rings. The van der Waals surface area contributed by atoms with Crippen molar-refractivity contribution in [1.82, 2.24) is 5.32 Å². The fourth-order valence-corrected chi connectivity index (χ4v) is 2.19. The third kappa shape index (κ3) is 4.09. The maximum absolute atomic E-state index is 9.86. The number of hydrogen-bond acceptors (Lipinski definition) is 3. The smallest absolute Gasteiger partial charge is 0.0693 e. The summed E-state index contributed by atoms with van der Waals surface area (Å²) in [4.78, 5) is 0. The number of ether oxygens (including phenoxy) is 1. The molecule has 1 aliphatic carbocycles. The van der Waals surface area contributed by atoms with E-state index in [2.05, 4.69) is 19.2 Å². The van der Waals surface area contributed by atoms with Crippen molar-refractivity contribution < 1.29 is 9.84 Å². The Kier molecular flexibility index (Phi) is 5.58. The minimum absolute atomic E-state index is 0.170. The van der Waals surface area contributed by atoms with Crippen molar-refractivity contribution in [2.24, 2.45) is 5.92 Å². The highest BCUT2D eigenvalue weighted by molar-refractivity contribution is 4.84. The Morgan fingerprint density at radius 3 is 2.53 bits per heavy atom. The summed E-state index contributed by atoms with van der Waals surface area (Å²) >= 11 is 0. The van der Waals surface area contributed by atoms with E-state index in [0.29, 0.717) is 12.0 Å². The largest absolute Gasteiger partial charge is 0.392 e. The first-order chi connectivity index (χ1) is 7.15. The van der Waals surface area contributed by atoms with E-state index in [1.54, 1.807) is 7.11 Å². The Morgan fingerprint density at radius 2 is 2.00 bits per heavy atom. The number of nitrogens with one attached hydrogen (secondary N) is 1. The molecule has 1 saturated carbocycles. The monoisotopic (exact) mass is 215 g/mol. The van der Waals surface area contributed by atoms with Crippen molar-refractivity contribution in [3.8, 4) is 0 Å². The Labute approximate surface area is 93.2 Å². The quantitative estimate of drug-likeness (QED) is 0.731. The third-order valence-electron chi connectivity index (χ3n) is 3.31. The molecule has 0 heterocycles. The van der Waals surface area contributed by atoms with Gasteiger partial charge in [0.1, 0.15) is 0 Å². The second-order valence-electron chi connectivity index (χ2n) is 4.93.